The zero-order chi connectivity index (χ0) is 14.6. The second-order valence-electron chi connectivity index (χ2n) is 4.46. The standard InChI is InChI=1S/C13H20N2O4/c1-5-19-6-7(2)14-12(16)10-8(3)11(13(17)18)15-9(10)4/h7,15H,5-6H2,1-4H3,(H,14,16)(H,17,18). The first-order valence-electron chi connectivity index (χ1n) is 6.19. The van der Waals surface area contributed by atoms with E-state index in [9.17, 15) is 9.59 Å². The highest BCUT2D eigenvalue weighted by atomic mass is 16.5. The summed E-state index contributed by atoms with van der Waals surface area (Å²) in [4.78, 5) is 25.8. The lowest BCUT2D eigenvalue weighted by Gasteiger charge is -2.14. The second kappa shape index (κ2) is 6.38. The van der Waals surface area contributed by atoms with Gasteiger partial charge >= 0.3 is 5.97 Å². The van der Waals surface area contributed by atoms with Gasteiger partial charge in [0, 0.05) is 18.3 Å². The number of hydrogen-bond acceptors (Lipinski definition) is 3. The molecule has 0 fully saturated rings. The Bertz CT molecular complexity index is 479. The summed E-state index contributed by atoms with van der Waals surface area (Å²) in [6.45, 7) is 8.04. The molecular weight excluding hydrogens is 248 g/mol. The number of aryl methyl sites for hydroxylation is 1. The molecule has 0 saturated heterocycles. The van der Waals surface area contributed by atoms with Crippen LogP contribution in [0.2, 0.25) is 0 Å². The predicted octanol–water partition coefficient (Wildman–Crippen LogP) is 1.48. The molecule has 0 radical (unpaired) electrons. The number of carbonyl (C=O) groups excluding carboxylic acids is 1. The Balaban J connectivity index is 2.85. The van der Waals surface area contributed by atoms with Gasteiger partial charge in [0.15, 0.2) is 0 Å². The van der Waals surface area contributed by atoms with Crippen molar-refractivity contribution in [2.24, 2.45) is 0 Å². The number of aromatic carboxylic acids is 1. The van der Waals surface area contributed by atoms with E-state index in [0.717, 1.165) is 0 Å². The molecule has 1 amide bonds. The molecule has 1 atom stereocenters. The average Bonchev–Trinajstić information content (AvgIpc) is 2.62. The van der Waals surface area contributed by atoms with Crippen molar-refractivity contribution in [3.63, 3.8) is 0 Å². The van der Waals surface area contributed by atoms with Crippen molar-refractivity contribution in [3.8, 4) is 0 Å². The van der Waals surface area contributed by atoms with Gasteiger partial charge in [0.05, 0.1) is 12.2 Å². The molecule has 0 aliphatic rings. The predicted molar refractivity (Wildman–Crippen MR) is 70.6 cm³/mol. The zero-order valence-electron chi connectivity index (χ0n) is 11.7. The van der Waals surface area contributed by atoms with Crippen molar-refractivity contribution in [2.75, 3.05) is 13.2 Å². The molecule has 3 N–H and O–H groups in total. The third-order valence-electron chi connectivity index (χ3n) is 2.83. The number of amides is 1. The van der Waals surface area contributed by atoms with Gasteiger partial charge in [-0.05, 0) is 33.3 Å². The van der Waals surface area contributed by atoms with Crippen LogP contribution >= 0.6 is 0 Å². The average molecular weight is 268 g/mol. The van der Waals surface area contributed by atoms with Crippen LogP contribution in [0.4, 0.5) is 0 Å². The van der Waals surface area contributed by atoms with Gasteiger partial charge in [0.1, 0.15) is 5.69 Å². The number of rotatable bonds is 6. The molecule has 1 heterocycles. The molecule has 0 saturated carbocycles. The topological polar surface area (TPSA) is 91.4 Å². The maximum Gasteiger partial charge on any atom is 0.352 e. The van der Waals surface area contributed by atoms with E-state index in [4.69, 9.17) is 9.84 Å². The molecule has 6 nitrogen and oxygen atoms in total. The highest BCUT2D eigenvalue weighted by molar-refractivity contribution is 6.00. The normalized spacial score (nSPS) is 12.2. The monoisotopic (exact) mass is 268 g/mol. The fourth-order valence-electron chi connectivity index (χ4n) is 1.94. The fourth-order valence-corrected chi connectivity index (χ4v) is 1.94. The van der Waals surface area contributed by atoms with Gasteiger partial charge in [-0.2, -0.15) is 0 Å². The van der Waals surface area contributed by atoms with Crippen LogP contribution in [0, 0.1) is 13.8 Å². The Labute approximate surface area is 112 Å². The van der Waals surface area contributed by atoms with E-state index >= 15 is 0 Å². The van der Waals surface area contributed by atoms with Crippen molar-refractivity contribution >= 4 is 11.9 Å². The third kappa shape index (κ3) is 3.57. The Morgan fingerprint density at radius 3 is 2.53 bits per heavy atom. The van der Waals surface area contributed by atoms with E-state index in [1.165, 1.54) is 0 Å². The lowest BCUT2D eigenvalue weighted by Crippen LogP contribution is -2.36. The van der Waals surface area contributed by atoms with Gasteiger partial charge in [0.2, 0.25) is 0 Å². The summed E-state index contributed by atoms with van der Waals surface area (Å²) in [5.41, 5.74) is 1.45. The minimum atomic E-state index is -1.07. The van der Waals surface area contributed by atoms with Crippen molar-refractivity contribution in [2.45, 2.75) is 33.7 Å². The van der Waals surface area contributed by atoms with Gasteiger partial charge in [-0.1, -0.05) is 0 Å². The van der Waals surface area contributed by atoms with E-state index in [-0.39, 0.29) is 17.6 Å². The van der Waals surface area contributed by atoms with Crippen molar-refractivity contribution in [1.82, 2.24) is 10.3 Å². The summed E-state index contributed by atoms with van der Waals surface area (Å²) in [6.07, 6.45) is 0. The van der Waals surface area contributed by atoms with Gasteiger partial charge in [0.25, 0.3) is 5.91 Å². The first-order chi connectivity index (χ1) is 8.88. The number of aromatic amines is 1. The molecule has 0 aliphatic carbocycles. The largest absolute Gasteiger partial charge is 0.477 e. The van der Waals surface area contributed by atoms with E-state index < -0.39 is 5.97 Å². The summed E-state index contributed by atoms with van der Waals surface area (Å²) in [5.74, 6) is -1.35. The molecule has 106 valence electrons. The van der Waals surface area contributed by atoms with Crippen molar-refractivity contribution < 1.29 is 19.4 Å². The highest BCUT2D eigenvalue weighted by Gasteiger charge is 2.22. The van der Waals surface area contributed by atoms with E-state index in [1.807, 2.05) is 13.8 Å². The zero-order valence-corrected chi connectivity index (χ0v) is 11.7. The van der Waals surface area contributed by atoms with Gasteiger partial charge in [-0.3, -0.25) is 4.79 Å². The summed E-state index contributed by atoms with van der Waals surface area (Å²) in [6, 6.07) is -0.130. The van der Waals surface area contributed by atoms with Crippen molar-refractivity contribution in [1.29, 1.82) is 0 Å². The molecule has 1 aromatic heterocycles. The Hall–Kier alpha value is -1.82. The first kappa shape index (κ1) is 15.2. The molecule has 1 unspecified atom stereocenters. The quantitative estimate of drug-likeness (QED) is 0.728. The number of carboxylic acids is 1. The Morgan fingerprint density at radius 2 is 2.05 bits per heavy atom. The smallest absolute Gasteiger partial charge is 0.352 e. The van der Waals surface area contributed by atoms with Gasteiger partial charge in [-0.15, -0.1) is 0 Å². The SMILES string of the molecule is CCOCC(C)NC(=O)c1c(C)[nH]c(C(=O)O)c1C. The first-order valence-corrected chi connectivity index (χ1v) is 6.19. The second-order valence-corrected chi connectivity index (χ2v) is 4.46. The van der Waals surface area contributed by atoms with Crippen LogP contribution in [0.25, 0.3) is 0 Å². The highest BCUT2D eigenvalue weighted by Crippen LogP contribution is 2.17. The third-order valence-corrected chi connectivity index (χ3v) is 2.83. The lowest BCUT2D eigenvalue weighted by atomic mass is 10.1. The number of carboxylic acid groups (broad SMARTS) is 1. The Morgan fingerprint density at radius 1 is 1.42 bits per heavy atom. The fraction of sp³-hybridized carbons (Fsp3) is 0.538. The molecule has 1 rings (SSSR count). The molecule has 19 heavy (non-hydrogen) atoms. The molecule has 6 heteroatoms. The molecule has 0 aliphatic heterocycles. The molecule has 1 aromatic rings. The van der Waals surface area contributed by atoms with Crippen LogP contribution in [0.1, 0.15) is 46.0 Å². The summed E-state index contributed by atoms with van der Waals surface area (Å²) >= 11 is 0. The number of ether oxygens (including phenoxy) is 1. The molecule has 0 spiro atoms. The lowest BCUT2D eigenvalue weighted by molar-refractivity contribution is 0.0690. The summed E-state index contributed by atoms with van der Waals surface area (Å²) in [5, 5.41) is 11.8. The van der Waals surface area contributed by atoms with Crippen LogP contribution in [0.5, 0.6) is 0 Å². The van der Waals surface area contributed by atoms with Crippen LogP contribution in [-0.4, -0.2) is 41.2 Å². The Kier molecular flexibility index (Phi) is 5.11. The van der Waals surface area contributed by atoms with E-state index in [1.54, 1.807) is 13.8 Å². The van der Waals surface area contributed by atoms with Crippen LogP contribution < -0.4 is 5.32 Å². The van der Waals surface area contributed by atoms with E-state index in [2.05, 4.69) is 10.3 Å². The summed E-state index contributed by atoms with van der Waals surface area (Å²) < 4.78 is 5.22. The maximum absolute atomic E-state index is 12.1. The van der Waals surface area contributed by atoms with Crippen LogP contribution in [-0.2, 0) is 4.74 Å². The maximum atomic E-state index is 12.1. The van der Waals surface area contributed by atoms with Crippen LogP contribution in [0.3, 0.4) is 0 Å². The number of hydrogen-bond donors (Lipinski definition) is 3. The van der Waals surface area contributed by atoms with Crippen LogP contribution in [0.15, 0.2) is 0 Å². The number of H-pyrrole nitrogens is 1. The minimum Gasteiger partial charge on any atom is -0.477 e. The number of carbonyl (C=O) groups is 2. The summed E-state index contributed by atoms with van der Waals surface area (Å²) in [7, 11) is 0. The van der Waals surface area contributed by atoms with Gasteiger partial charge in [-0.25, -0.2) is 4.79 Å². The van der Waals surface area contributed by atoms with Crippen molar-refractivity contribution in [3.05, 3.63) is 22.5 Å². The molecule has 0 bridgehead atoms. The minimum absolute atomic E-state index is 0.0557. The molecular formula is C13H20N2O4. The molecule has 0 aromatic carbocycles. The van der Waals surface area contributed by atoms with Gasteiger partial charge < -0.3 is 20.1 Å². The number of aromatic nitrogens is 1. The van der Waals surface area contributed by atoms with E-state index in [0.29, 0.717) is 30.0 Å². The number of nitrogens with one attached hydrogen (secondary N) is 2.